The Morgan fingerprint density at radius 2 is 2.33 bits per heavy atom. The van der Waals surface area contributed by atoms with Gasteiger partial charge in [0, 0.05) is 13.2 Å². The number of ether oxygens (including phenoxy) is 3. The van der Waals surface area contributed by atoms with Gasteiger partial charge >= 0.3 is 5.97 Å². The number of hydrogen-bond donors (Lipinski definition) is 1. The van der Waals surface area contributed by atoms with Crippen molar-refractivity contribution >= 4 is 5.97 Å². The minimum Gasteiger partial charge on any atom is -0.466 e. The van der Waals surface area contributed by atoms with Crippen molar-refractivity contribution in [3.63, 3.8) is 0 Å². The van der Waals surface area contributed by atoms with Gasteiger partial charge in [-0.15, -0.1) is 0 Å². The summed E-state index contributed by atoms with van der Waals surface area (Å²) in [6.45, 7) is 4.77. The topological polar surface area (TPSA) is 65.0 Å². The van der Waals surface area contributed by atoms with Gasteiger partial charge in [-0.05, 0) is 32.1 Å². The second-order valence-corrected chi connectivity index (χ2v) is 4.34. The molecule has 0 aromatic heterocycles. The lowest BCUT2D eigenvalue weighted by Gasteiger charge is -2.22. The number of carbonyl (C=O) groups is 1. The molecule has 104 valence electrons. The highest BCUT2D eigenvalue weighted by molar-refractivity contribution is 5.88. The van der Waals surface area contributed by atoms with E-state index in [0.29, 0.717) is 19.4 Å². The molecule has 0 aromatic carbocycles. The van der Waals surface area contributed by atoms with Crippen LogP contribution in [0.2, 0.25) is 0 Å². The van der Waals surface area contributed by atoms with E-state index >= 15 is 0 Å². The molecule has 1 aliphatic heterocycles. The van der Waals surface area contributed by atoms with Crippen LogP contribution in [0.3, 0.4) is 0 Å². The van der Waals surface area contributed by atoms with Gasteiger partial charge in [0.15, 0.2) is 6.29 Å². The zero-order valence-electron chi connectivity index (χ0n) is 10.9. The molecule has 0 aliphatic carbocycles. The van der Waals surface area contributed by atoms with Crippen molar-refractivity contribution in [3.05, 3.63) is 12.2 Å². The zero-order chi connectivity index (χ0) is 13.4. The maximum atomic E-state index is 11.1. The van der Waals surface area contributed by atoms with Gasteiger partial charge in [0.25, 0.3) is 0 Å². The fourth-order valence-corrected chi connectivity index (χ4v) is 1.78. The second-order valence-electron chi connectivity index (χ2n) is 4.34. The molecule has 2 atom stereocenters. The van der Waals surface area contributed by atoms with E-state index < -0.39 is 12.1 Å². The molecule has 1 saturated heterocycles. The maximum Gasteiger partial charge on any atom is 0.335 e. The van der Waals surface area contributed by atoms with Crippen molar-refractivity contribution in [2.45, 2.75) is 44.5 Å². The van der Waals surface area contributed by atoms with Gasteiger partial charge in [0.1, 0.15) is 0 Å². The Hall–Kier alpha value is -0.910. The summed E-state index contributed by atoms with van der Waals surface area (Å²) >= 11 is 0. The summed E-state index contributed by atoms with van der Waals surface area (Å²) in [6, 6.07) is 0. The third-order valence-corrected chi connectivity index (χ3v) is 2.91. The van der Waals surface area contributed by atoms with Gasteiger partial charge in [0.05, 0.1) is 18.8 Å². The third-order valence-electron chi connectivity index (χ3n) is 2.91. The summed E-state index contributed by atoms with van der Waals surface area (Å²) in [7, 11) is 1.27. The van der Waals surface area contributed by atoms with Crippen LogP contribution >= 0.6 is 0 Å². The molecular weight excluding hydrogens is 236 g/mol. The molecule has 1 fully saturated rings. The average molecular weight is 258 g/mol. The molecule has 0 spiro atoms. The lowest BCUT2D eigenvalue weighted by molar-refractivity contribution is -0.163. The van der Waals surface area contributed by atoms with E-state index in [2.05, 4.69) is 11.3 Å². The highest BCUT2D eigenvalue weighted by Gasteiger charge is 2.17. The fraction of sp³-hybridized carbons (Fsp3) is 0.769. The van der Waals surface area contributed by atoms with Crippen molar-refractivity contribution in [3.8, 4) is 0 Å². The monoisotopic (exact) mass is 258 g/mol. The van der Waals surface area contributed by atoms with Crippen molar-refractivity contribution < 1.29 is 24.1 Å². The smallest absolute Gasteiger partial charge is 0.335 e. The number of aliphatic hydroxyl groups excluding tert-OH is 1. The molecule has 0 saturated carbocycles. The van der Waals surface area contributed by atoms with Crippen molar-refractivity contribution in [2.24, 2.45) is 0 Å². The zero-order valence-corrected chi connectivity index (χ0v) is 10.9. The molecule has 0 amide bonds. The van der Waals surface area contributed by atoms with Crippen LogP contribution in [-0.2, 0) is 19.0 Å². The van der Waals surface area contributed by atoms with Crippen LogP contribution in [0.15, 0.2) is 12.2 Å². The Kier molecular flexibility index (Phi) is 6.93. The highest BCUT2D eigenvalue weighted by Crippen LogP contribution is 2.15. The molecule has 1 heterocycles. The van der Waals surface area contributed by atoms with Gasteiger partial charge in [0.2, 0.25) is 0 Å². The van der Waals surface area contributed by atoms with Gasteiger partial charge in [-0.1, -0.05) is 6.58 Å². The predicted molar refractivity (Wildman–Crippen MR) is 65.9 cm³/mol. The Morgan fingerprint density at radius 1 is 1.56 bits per heavy atom. The Balaban J connectivity index is 2.09. The molecule has 0 aromatic rings. The summed E-state index contributed by atoms with van der Waals surface area (Å²) in [5.74, 6) is -0.570. The summed E-state index contributed by atoms with van der Waals surface area (Å²) < 4.78 is 15.4. The van der Waals surface area contributed by atoms with Gasteiger partial charge in [-0.2, -0.15) is 0 Å². The summed E-state index contributed by atoms with van der Waals surface area (Å²) in [5, 5.41) is 9.67. The lowest BCUT2D eigenvalue weighted by Crippen LogP contribution is -2.23. The molecule has 1 rings (SSSR count). The first-order valence-electron chi connectivity index (χ1n) is 6.33. The molecule has 18 heavy (non-hydrogen) atoms. The minimum atomic E-state index is -0.867. The summed E-state index contributed by atoms with van der Waals surface area (Å²) in [5.41, 5.74) is 0.0893. The van der Waals surface area contributed by atoms with E-state index in [4.69, 9.17) is 9.47 Å². The van der Waals surface area contributed by atoms with E-state index in [9.17, 15) is 9.90 Å². The largest absolute Gasteiger partial charge is 0.466 e. The van der Waals surface area contributed by atoms with Gasteiger partial charge in [-0.25, -0.2) is 4.79 Å². The predicted octanol–water partition coefficient (Wildman–Crippen LogP) is 1.40. The molecule has 2 unspecified atom stereocenters. The molecule has 1 N–H and O–H groups in total. The SMILES string of the molecule is C=C(C(=O)OC)C(O)CCCOC1CCCCO1. The first-order valence-corrected chi connectivity index (χ1v) is 6.33. The molecule has 5 nitrogen and oxygen atoms in total. The fourth-order valence-electron chi connectivity index (χ4n) is 1.78. The minimum absolute atomic E-state index is 0.0893. The van der Waals surface area contributed by atoms with Gasteiger partial charge in [-0.3, -0.25) is 0 Å². The number of carbonyl (C=O) groups excluding carboxylic acids is 1. The standard InChI is InChI=1S/C13H22O5/c1-10(13(15)16-2)11(14)6-5-9-18-12-7-3-4-8-17-12/h11-12,14H,1,3-9H2,2H3. The van der Waals surface area contributed by atoms with E-state index in [0.717, 1.165) is 25.9 Å². The van der Waals surface area contributed by atoms with Crippen molar-refractivity contribution in [2.75, 3.05) is 20.3 Å². The Bertz CT molecular complexity index is 271. The molecular formula is C13H22O5. The van der Waals surface area contributed by atoms with Crippen molar-refractivity contribution in [1.29, 1.82) is 0 Å². The van der Waals surface area contributed by atoms with Crippen LogP contribution in [0.5, 0.6) is 0 Å². The molecule has 0 bridgehead atoms. The number of methoxy groups -OCH3 is 1. The first-order chi connectivity index (χ1) is 8.65. The Morgan fingerprint density at radius 3 is 2.94 bits per heavy atom. The van der Waals surface area contributed by atoms with E-state index in [-0.39, 0.29) is 11.9 Å². The Labute approximate surface area is 108 Å². The van der Waals surface area contributed by atoms with E-state index in [1.165, 1.54) is 7.11 Å². The highest BCUT2D eigenvalue weighted by atomic mass is 16.7. The van der Waals surface area contributed by atoms with Crippen LogP contribution in [0.4, 0.5) is 0 Å². The van der Waals surface area contributed by atoms with E-state index in [1.54, 1.807) is 0 Å². The number of hydrogen-bond acceptors (Lipinski definition) is 5. The van der Waals surface area contributed by atoms with E-state index in [1.807, 2.05) is 0 Å². The van der Waals surface area contributed by atoms with Crippen LogP contribution in [0, 0.1) is 0 Å². The molecule has 5 heteroatoms. The van der Waals surface area contributed by atoms with Crippen LogP contribution in [0.25, 0.3) is 0 Å². The summed E-state index contributed by atoms with van der Waals surface area (Å²) in [4.78, 5) is 11.1. The second kappa shape index (κ2) is 8.24. The molecule has 0 radical (unpaired) electrons. The number of rotatable bonds is 7. The molecule has 1 aliphatic rings. The van der Waals surface area contributed by atoms with Crippen LogP contribution in [-0.4, -0.2) is 43.8 Å². The average Bonchev–Trinajstić information content (AvgIpc) is 2.42. The van der Waals surface area contributed by atoms with Gasteiger partial charge < -0.3 is 19.3 Å². The third kappa shape index (κ3) is 5.16. The van der Waals surface area contributed by atoms with Crippen LogP contribution < -0.4 is 0 Å². The van der Waals surface area contributed by atoms with Crippen molar-refractivity contribution in [1.82, 2.24) is 0 Å². The quantitative estimate of drug-likeness (QED) is 0.425. The maximum absolute atomic E-state index is 11.1. The van der Waals surface area contributed by atoms with Crippen LogP contribution in [0.1, 0.15) is 32.1 Å². The summed E-state index contributed by atoms with van der Waals surface area (Å²) in [6.07, 6.45) is 3.26. The number of esters is 1. The lowest BCUT2D eigenvalue weighted by atomic mass is 10.1. The normalized spacial score (nSPS) is 21.3. The first kappa shape index (κ1) is 15.1. The number of aliphatic hydroxyl groups is 1.